The zero-order valence-corrected chi connectivity index (χ0v) is 8.72. The number of nitrogens with one attached hydrogen (secondary N) is 1. The molecule has 0 aromatic heterocycles. The minimum Gasteiger partial charge on any atom is -0.389 e. The summed E-state index contributed by atoms with van der Waals surface area (Å²) < 4.78 is 0. The molecule has 2 rings (SSSR count). The molecular formula is C9H15ClN4. The van der Waals surface area contributed by atoms with E-state index in [4.69, 9.17) is 23.1 Å². The maximum atomic E-state index is 5.84. The molecule has 0 aliphatic carbocycles. The Kier molecular flexibility index (Phi) is 2.33. The molecule has 0 amide bonds. The molecule has 2 heterocycles. The van der Waals surface area contributed by atoms with E-state index in [0.29, 0.717) is 5.41 Å². The van der Waals surface area contributed by atoms with Gasteiger partial charge in [-0.1, -0.05) is 11.6 Å². The lowest BCUT2D eigenvalue weighted by molar-refractivity contribution is -0.0172. The number of hydrogen-bond donors (Lipinski definition) is 3. The van der Waals surface area contributed by atoms with Crippen LogP contribution in [0.1, 0.15) is 0 Å². The molecule has 2 aliphatic rings. The van der Waals surface area contributed by atoms with E-state index < -0.39 is 0 Å². The van der Waals surface area contributed by atoms with Crippen LogP contribution < -0.4 is 16.8 Å². The topological polar surface area (TPSA) is 67.3 Å². The summed E-state index contributed by atoms with van der Waals surface area (Å²) in [7, 11) is 0. The molecule has 1 spiro atoms. The molecule has 78 valence electrons. The van der Waals surface area contributed by atoms with Gasteiger partial charge in [-0.15, -0.1) is 0 Å². The molecule has 2 fully saturated rings. The van der Waals surface area contributed by atoms with E-state index >= 15 is 0 Å². The van der Waals surface area contributed by atoms with E-state index in [0.717, 1.165) is 32.0 Å². The maximum Gasteiger partial charge on any atom is 0.0993 e. The fourth-order valence-corrected chi connectivity index (χ4v) is 1.98. The Balaban J connectivity index is 1.86. The van der Waals surface area contributed by atoms with Crippen molar-refractivity contribution in [1.29, 1.82) is 0 Å². The molecule has 0 atom stereocenters. The van der Waals surface area contributed by atoms with Crippen molar-refractivity contribution < 1.29 is 0 Å². The number of nitrogens with two attached hydrogens (primary N) is 2. The van der Waals surface area contributed by atoms with Crippen molar-refractivity contribution in [1.82, 2.24) is 10.2 Å². The summed E-state index contributed by atoms with van der Waals surface area (Å²) in [4.78, 5) is 2.14. The summed E-state index contributed by atoms with van der Waals surface area (Å²) in [5.41, 5.74) is 11.6. The summed E-state index contributed by atoms with van der Waals surface area (Å²) in [5, 5.41) is 3.53. The van der Waals surface area contributed by atoms with Gasteiger partial charge in [0.1, 0.15) is 0 Å². The molecule has 0 radical (unpaired) electrons. The molecule has 4 nitrogen and oxygen atoms in total. The molecular weight excluding hydrogens is 200 g/mol. The van der Waals surface area contributed by atoms with Crippen LogP contribution in [-0.2, 0) is 0 Å². The third-order valence-electron chi connectivity index (χ3n) is 2.83. The van der Waals surface area contributed by atoms with Gasteiger partial charge in [-0.2, -0.15) is 0 Å². The minimum atomic E-state index is 0.258. The molecule has 0 bridgehead atoms. The quantitative estimate of drug-likeness (QED) is 0.438. The van der Waals surface area contributed by atoms with Gasteiger partial charge in [0.05, 0.1) is 11.0 Å². The SMILES string of the molecule is N/C(Cl)=C\C=C(/N)N1CC2(CNC2)C1. The summed E-state index contributed by atoms with van der Waals surface area (Å²) >= 11 is 5.49. The Morgan fingerprint density at radius 2 is 1.93 bits per heavy atom. The van der Waals surface area contributed by atoms with Crippen molar-refractivity contribution in [3.05, 3.63) is 23.1 Å². The van der Waals surface area contributed by atoms with Gasteiger partial charge in [0, 0.05) is 31.6 Å². The second kappa shape index (κ2) is 3.37. The number of likely N-dealkylation sites (tertiary alicyclic amines) is 1. The van der Waals surface area contributed by atoms with Crippen LogP contribution in [0.15, 0.2) is 23.1 Å². The zero-order valence-electron chi connectivity index (χ0n) is 7.96. The fourth-order valence-electron chi connectivity index (χ4n) is 1.92. The first-order valence-electron chi connectivity index (χ1n) is 4.65. The standard InChI is InChI=1S/C9H15ClN4/c10-7(11)1-2-8(12)14-5-9(6-14)3-13-4-9/h1-2,13H,3-6,11-12H2/b7-1-,8-2+. The van der Waals surface area contributed by atoms with Gasteiger partial charge >= 0.3 is 0 Å². The second-order valence-corrected chi connectivity index (χ2v) is 4.54. The minimum absolute atomic E-state index is 0.258. The Hall–Kier alpha value is -0.870. The van der Waals surface area contributed by atoms with Gasteiger partial charge in [-0.25, -0.2) is 0 Å². The van der Waals surface area contributed by atoms with Crippen LogP contribution in [0.3, 0.4) is 0 Å². The van der Waals surface area contributed by atoms with Gasteiger partial charge < -0.3 is 21.7 Å². The first-order chi connectivity index (χ1) is 6.61. The highest BCUT2D eigenvalue weighted by atomic mass is 35.5. The van der Waals surface area contributed by atoms with E-state index in [1.165, 1.54) is 0 Å². The molecule has 0 aromatic carbocycles. The molecule has 5 N–H and O–H groups in total. The second-order valence-electron chi connectivity index (χ2n) is 4.10. The largest absolute Gasteiger partial charge is 0.389 e. The Morgan fingerprint density at radius 3 is 2.36 bits per heavy atom. The molecule has 0 unspecified atom stereocenters. The van der Waals surface area contributed by atoms with Crippen molar-refractivity contribution in [2.45, 2.75) is 0 Å². The smallest absolute Gasteiger partial charge is 0.0993 e. The summed E-state index contributed by atoms with van der Waals surface area (Å²) in [5.74, 6) is 0.742. The number of halogens is 1. The molecule has 0 aromatic rings. The van der Waals surface area contributed by atoms with Gasteiger partial charge in [-0.05, 0) is 12.2 Å². The fraction of sp³-hybridized carbons (Fsp3) is 0.556. The lowest BCUT2D eigenvalue weighted by Crippen LogP contribution is -2.71. The van der Waals surface area contributed by atoms with E-state index in [1.54, 1.807) is 12.2 Å². The lowest BCUT2D eigenvalue weighted by atomic mass is 9.74. The Bertz CT molecular complexity index is 281. The van der Waals surface area contributed by atoms with Crippen LogP contribution in [0.5, 0.6) is 0 Å². The summed E-state index contributed by atoms with van der Waals surface area (Å²) in [6.45, 7) is 4.31. The third-order valence-corrected chi connectivity index (χ3v) is 2.96. The zero-order chi connectivity index (χ0) is 10.2. The molecule has 14 heavy (non-hydrogen) atoms. The molecule has 0 saturated carbocycles. The highest BCUT2D eigenvalue weighted by Crippen LogP contribution is 2.35. The van der Waals surface area contributed by atoms with E-state index in [1.807, 2.05) is 0 Å². The van der Waals surface area contributed by atoms with Crippen LogP contribution >= 0.6 is 11.6 Å². The van der Waals surface area contributed by atoms with Gasteiger partial charge in [0.15, 0.2) is 0 Å². The molecule has 2 aliphatic heterocycles. The average molecular weight is 215 g/mol. The molecule has 2 saturated heterocycles. The maximum absolute atomic E-state index is 5.84. The van der Waals surface area contributed by atoms with Crippen LogP contribution in [0, 0.1) is 5.41 Å². The normalized spacial score (nSPS) is 25.9. The number of allylic oxidation sites excluding steroid dienone is 2. The lowest BCUT2D eigenvalue weighted by Gasteiger charge is -2.56. The highest BCUT2D eigenvalue weighted by Gasteiger charge is 2.47. The van der Waals surface area contributed by atoms with Crippen LogP contribution in [0.2, 0.25) is 0 Å². The monoisotopic (exact) mass is 214 g/mol. The van der Waals surface area contributed by atoms with Crippen molar-refractivity contribution in [3.8, 4) is 0 Å². The van der Waals surface area contributed by atoms with E-state index in [2.05, 4.69) is 10.2 Å². The van der Waals surface area contributed by atoms with Gasteiger partial charge in [0.25, 0.3) is 0 Å². The van der Waals surface area contributed by atoms with Crippen LogP contribution in [0.25, 0.3) is 0 Å². The number of nitrogens with zero attached hydrogens (tertiary/aromatic N) is 1. The summed E-state index contributed by atoms with van der Waals surface area (Å²) in [6.07, 6.45) is 3.36. The van der Waals surface area contributed by atoms with E-state index in [9.17, 15) is 0 Å². The highest BCUT2D eigenvalue weighted by molar-refractivity contribution is 6.29. The van der Waals surface area contributed by atoms with Crippen molar-refractivity contribution in [3.63, 3.8) is 0 Å². The van der Waals surface area contributed by atoms with Gasteiger partial charge in [0.2, 0.25) is 0 Å². The van der Waals surface area contributed by atoms with E-state index in [-0.39, 0.29) is 5.16 Å². The Morgan fingerprint density at radius 1 is 1.29 bits per heavy atom. The van der Waals surface area contributed by atoms with Crippen molar-refractivity contribution in [2.24, 2.45) is 16.9 Å². The average Bonchev–Trinajstić information content (AvgIpc) is 1.95. The number of rotatable bonds is 2. The van der Waals surface area contributed by atoms with Crippen molar-refractivity contribution >= 4 is 11.6 Å². The van der Waals surface area contributed by atoms with Crippen LogP contribution in [0.4, 0.5) is 0 Å². The molecule has 5 heteroatoms. The first kappa shape index (κ1) is 9.68. The predicted molar refractivity (Wildman–Crippen MR) is 57.3 cm³/mol. The van der Waals surface area contributed by atoms with Crippen LogP contribution in [-0.4, -0.2) is 31.1 Å². The van der Waals surface area contributed by atoms with Crippen molar-refractivity contribution in [2.75, 3.05) is 26.2 Å². The predicted octanol–water partition coefficient (Wildman–Crippen LogP) is -0.269. The first-order valence-corrected chi connectivity index (χ1v) is 5.03. The third kappa shape index (κ3) is 1.67. The van der Waals surface area contributed by atoms with Gasteiger partial charge in [-0.3, -0.25) is 0 Å². The Labute approximate surface area is 88.6 Å². The number of hydrogen-bond acceptors (Lipinski definition) is 4. The summed E-state index contributed by atoms with van der Waals surface area (Å²) in [6, 6.07) is 0.